The first-order valence-electron chi connectivity index (χ1n) is 24.9. The van der Waals surface area contributed by atoms with Crippen molar-refractivity contribution < 1.29 is 47.5 Å². The number of phosphoric acid groups is 1. The lowest BCUT2D eigenvalue weighted by Gasteiger charge is -2.20. The maximum atomic E-state index is 12.7. The van der Waals surface area contributed by atoms with Gasteiger partial charge in [-0.05, 0) is 57.8 Å². The molecule has 0 aliphatic rings. The topological polar surface area (TPSA) is 172 Å². The average Bonchev–Trinajstić information content (AvgIpc) is 3.24. The van der Waals surface area contributed by atoms with E-state index in [0.29, 0.717) is 19.3 Å². The highest BCUT2D eigenvalue weighted by atomic mass is 31.2. The standard InChI is InChI=1S/C49H92NO10P/c1-3-5-7-9-11-13-15-17-19-20-21-22-23-24-25-26-27-29-31-33-35-37-39-41-48(52)60-45(43-58-61(55,56)59-44-46(50)49(53)54)42-57-47(51)40-38-36-34-32-30-28-18-16-14-12-10-8-6-4-2/h16,18,33,35,45-46H,3-15,17,19-32,34,36-44,50H2,1-2H3,(H,53,54)(H,55,56)/b18-16+,35-33+/t45-,46-/m0/s1. The monoisotopic (exact) mass is 886 g/mol. The van der Waals surface area contributed by atoms with Crippen molar-refractivity contribution >= 4 is 25.7 Å². The first-order valence-corrected chi connectivity index (χ1v) is 26.4. The fourth-order valence-corrected chi connectivity index (χ4v) is 7.78. The Morgan fingerprint density at radius 2 is 0.836 bits per heavy atom. The number of nitrogens with two attached hydrogens (primary N) is 1. The van der Waals surface area contributed by atoms with Gasteiger partial charge in [-0.15, -0.1) is 0 Å². The predicted octanol–water partition coefficient (Wildman–Crippen LogP) is 13.8. The van der Waals surface area contributed by atoms with Gasteiger partial charge in [-0.25, -0.2) is 4.57 Å². The van der Waals surface area contributed by atoms with Gasteiger partial charge in [-0.1, -0.05) is 192 Å². The Hall–Kier alpha value is -2.04. The van der Waals surface area contributed by atoms with E-state index in [1.54, 1.807) is 0 Å². The number of unbranched alkanes of at least 4 members (excludes halogenated alkanes) is 29. The highest BCUT2D eigenvalue weighted by Gasteiger charge is 2.28. The SMILES string of the molecule is CCCCCCC/C=C/CCCCCCCC(=O)OC[C@@H](COP(=O)(O)OC[C@H](N)C(=O)O)OC(=O)CCC/C=C/CCCCCCCCCCCCCCCCCCCC. The second-order valence-electron chi connectivity index (χ2n) is 16.9. The number of aliphatic carboxylic acids is 1. The predicted molar refractivity (Wildman–Crippen MR) is 249 cm³/mol. The zero-order chi connectivity index (χ0) is 44.9. The maximum Gasteiger partial charge on any atom is 0.472 e. The summed E-state index contributed by atoms with van der Waals surface area (Å²) in [6, 6.07) is -1.52. The fraction of sp³-hybridized carbons (Fsp3) is 0.857. The van der Waals surface area contributed by atoms with Crippen molar-refractivity contribution in [3.8, 4) is 0 Å². The molecule has 358 valence electrons. The van der Waals surface area contributed by atoms with Gasteiger partial charge >= 0.3 is 25.7 Å². The summed E-state index contributed by atoms with van der Waals surface area (Å²) in [4.78, 5) is 46.1. The normalized spacial score (nSPS) is 13.8. The first kappa shape index (κ1) is 59.0. The van der Waals surface area contributed by atoms with Crippen LogP contribution in [-0.2, 0) is 37.5 Å². The maximum absolute atomic E-state index is 12.7. The Labute approximate surface area is 372 Å². The molecule has 3 atom stereocenters. The molecule has 4 N–H and O–H groups in total. The molecule has 0 saturated heterocycles. The molecular formula is C49H92NO10P. The average molecular weight is 886 g/mol. The molecule has 0 fully saturated rings. The van der Waals surface area contributed by atoms with E-state index in [0.717, 1.165) is 51.4 Å². The zero-order valence-electron chi connectivity index (χ0n) is 39.0. The van der Waals surface area contributed by atoms with Crippen LogP contribution in [0.3, 0.4) is 0 Å². The Balaban J connectivity index is 4.25. The number of carbonyl (C=O) groups is 3. The van der Waals surface area contributed by atoms with Crippen LogP contribution in [0.2, 0.25) is 0 Å². The molecule has 0 aliphatic heterocycles. The van der Waals surface area contributed by atoms with E-state index in [-0.39, 0.29) is 19.4 Å². The summed E-state index contributed by atoms with van der Waals surface area (Å²) >= 11 is 0. The first-order chi connectivity index (χ1) is 29.6. The number of hydrogen-bond donors (Lipinski definition) is 3. The molecule has 0 aromatic heterocycles. The number of allylic oxidation sites excluding steroid dienone is 4. The van der Waals surface area contributed by atoms with Crippen LogP contribution in [-0.4, -0.2) is 59.9 Å². The van der Waals surface area contributed by atoms with E-state index in [2.05, 4.69) is 42.7 Å². The lowest BCUT2D eigenvalue weighted by atomic mass is 10.0. The number of rotatable bonds is 47. The third-order valence-corrected chi connectivity index (χ3v) is 11.9. The molecule has 0 spiro atoms. The number of phosphoric ester groups is 1. The van der Waals surface area contributed by atoms with E-state index in [1.807, 2.05) is 0 Å². The molecule has 0 amide bonds. The van der Waals surface area contributed by atoms with E-state index in [1.165, 1.54) is 141 Å². The summed E-state index contributed by atoms with van der Waals surface area (Å²) in [5.41, 5.74) is 5.34. The third-order valence-electron chi connectivity index (χ3n) is 10.9. The summed E-state index contributed by atoms with van der Waals surface area (Å²) in [5, 5.41) is 8.91. The third kappa shape index (κ3) is 44.4. The number of carboxylic acids is 1. The van der Waals surface area contributed by atoms with Crippen molar-refractivity contribution in [2.75, 3.05) is 19.8 Å². The van der Waals surface area contributed by atoms with Gasteiger partial charge in [0, 0.05) is 12.8 Å². The van der Waals surface area contributed by atoms with Crippen LogP contribution >= 0.6 is 7.82 Å². The fourth-order valence-electron chi connectivity index (χ4n) is 7.01. The van der Waals surface area contributed by atoms with Crippen molar-refractivity contribution in [3.63, 3.8) is 0 Å². The molecule has 0 bridgehead atoms. The molecule has 0 radical (unpaired) electrons. The summed E-state index contributed by atoms with van der Waals surface area (Å²) in [6.07, 6.45) is 48.3. The van der Waals surface area contributed by atoms with E-state index in [9.17, 15) is 23.8 Å². The van der Waals surface area contributed by atoms with E-state index < -0.39 is 51.1 Å². The second kappa shape index (κ2) is 44.6. The smallest absolute Gasteiger partial charge is 0.472 e. The molecular weight excluding hydrogens is 794 g/mol. The van der Waals surface area contributed by atoms with Crippen LogP contribution in [0.1, 0.15) is 239 Å². The van der Waals surface area contributed by atoms with E-state index in [4.69, 9.17) is 24.8 Å². The molecule has 12 heteroatoms. The van der Waals surface area contributed by atoms with Gasteiger partial charge < -0.3 is 25.2 Å². The molecule has 1 unspecified atom stereocenters. The van der Waals surface area contributed by atoms with Gasteiger partial charge in [0.1, 0.15) is 12.6 Å². The molecule has 61 heavy (non-hydrogen) atoms. The highest BCUT2D eigenvalue weighted by molar-refractivity contribution is 7.47. The Morgan fingerprint density at radius 3 is 1.25 bits per heavy atom. The molecule has 11 nitrogen and oxygen atoms in total. The lowest BCUT2D eigenvalue weighted by Crippen LogP contribution is -2.34. The zero-order valence-corrected chi connectivity index (χ0v) is 39.9. The van der Waals surface area contributed by atoms with Crippen molar-refractivity contribution in [2.45, 2.75) is 251 Å². The van der Waals surface area contributed by atoms with Crippen LogP contribution in [0.5, 0.6) is 0 Å². The second-order valence-corrected chi connectivity index (χ2v) is 18.4. The Kier molecular flexibility index (Phi) is 43.1. The van der Waals surface area contributed by atoms with Crippen molar-refractivity contribution in [2.24, 2.45) is 5.73 Å². The molecule has 0 aromatic rings. The molecule has 0 heterocycles. The molecule has 0 rings (SSSR count). The number of hydrogen-bond acceptors (Lipinski definition) is 9. The van der Waals surface area contributed by atoms with Gasteiger partial charge in [-0.2, -0.15) is 0 Å². The van der Waals surface area contributed by atoms with Gasteiger partial charge in [0.2, 0.25) is 0 Å². The Bertz CT molecular complexity index is 1130. The number of carboxylic acid groups (broad SMARTS) is 1. The Morgan fingerprint density at radius 1 is 0.492 bits per heavy atom. The minimum absolute atomic E-state index is 0.115. The van der Waals surface area contributed by atoms with Crippen molar-refractivity contribution in [1.82, 2.24) is 0 Å². The van der Waals surface area contributed by atoms with Crippen LogP contribution in [0, 0.1) is 0 Å². The minimum atomic E-state index is -4.73. The minimum Gasteiger partial charge on any atom is -0.480 e. The van der Waals surface area contributed by atoms with Gasteiger partial charge in [0.05, 0.1) is 13.2 Å². The van der Waals surface area contributed by atoms with Crippen LogP contribution < -0.4 is 5.73 Å². The number of carbonyl (C=O) groups excluding carboxylic acids is 2. The van der Waals surface area contributed by atoms with E-state index >= 15 is 0 Å². The summed E-state index contributed by atoms with van der Waals surface area (Å²) in [6.45, 7) is 2.79. The summed E-state index contributed by atoms with van der Waals surface area (Å²) in [7, 11) is -4.73. The number of ether oxygens (including phenoxy) is 2. The van der Waals surface area contributed by atoms with Crippen LogP contribution in [0.4, 0.5) is 0 Å². The molecule has 0 aliphatic carbocycles. The number of esters is 2. The van der Waals surface area contributed by atoms with Gasteiger partial charge in [0.15, 0.2) is 6.10 Å². The van der Waals surface area contributed by atoms with Crippen LogP contribution in [0.25, 0.3) is 0 Å². The molecule has 0 aromatic carbocycles. The quantitative estimate of drug-likeness (QED) is 0.0230. The van der Waals surface area contributed by atoms with Crippen molar-refractivity contribution in [3.05, 3.63) is 24.3 Å². The van der Waals surface area contributed by atoms with Gasteiger partial charge in [-0.3, -0.25) is 23.4 Å². The van der Waals surface area contributed by atoms with Gasteiger partial charge in [0.25, 0.3) is 0 Å². The lowest BCUT2D eigenvalue weighted by molar-refractivity contribution is -0.161. The van der Waals surface area contributed by atoms with Crippen LogP contribution in [0.15, 0.2) is 24.3 Å². The summed E-state index contributed by atoms with van der Waals surface area (Å²) < 4.78 is 32.7. The molecule has 0 saturated carbocycles. The highest BCUT2D eigenvalue weighted by Crippen LogP contribution is 2.43. The largest absolute Gasteiger partial charge is 0.480 e. The summed E-state index contributed by atoms with van der Waals surface area (Å²) in [5.74, 6) is -2.42. The van der Waals surface area contributed by atoms with Crippen molar-refractivity contribution in [1.29, 1.82) is 0 Å².